The second kappa shape index (κ2) is 8.04. The van der Waals surface area contributed by atoms with E-state index in [2.05, 4.69) is 9.72 Å². The number of benzene rings is 3. The van der Waals surface area contributed by atoms with Gasteiger partial charge in [-0.1, -0.05) is 55.1 Å². The van der Waals surface area contributed by atoms with Gasteiger partial charge in [-0.25, -0.2) is 9.97 Å². The average Bonchev–Trinajstić information content (AvgIpc) is 3.17. The SMILES string of the molecule is CC[C@@H](Sc1nc2ccccc2c2nc3ccccc3n12)C(=O)Nc1cccc(C)c1. The number of imidazole rings is 1. The number of carbonyl (C=O) groups is 1. The number of hydrogen-bond donors (Lipinski definition) is 1. The maximum Gasteiger partial charge on any atom is 0.237 e. The summed E-state index contributed by atoms with van der Waals surface area (Å²) in [5.74, 6) is -0.0226. The highest BCUT2D eigenvalue weighted by Gasteiger charge is 2.22. The van der Waals surface area contributed by atoms with Gasteiger partial charge in [0, 0.05) is 11.1 Å². The lowest BCUT2D eigenvalue weighted by Crippen LogP contribution is -2.25. The highest BCUT2D eigenvalue weighted by Crippen LogP contribution is 2.32. The summed E-state index contributed by atoms with van der Waals surface area (Å²) in [6.07, 6.45) is 0.685. The molecule has 2 heterocycles. The van der Waals surface area contributed by atoms with E-state index in [9.17, 15) is 4.79 Å². The Balaban J connectivity index is 1.58. The second-order valence-corrected chi connectivity index (χ2v) is 8.71. The van der Waals surface area contributed by atoms with E-state index in [0.29, 0.717) is 6.42 Å². The lowest BCUT2D eigenvalue weighted by atomic mass is 10.2. The molecule has 0 fully saturated rings. The Bertz CT molecular complexity index is 1430. The van der Waals surface area contributed by atoms with Gasteiger partial charge >= 0.3 is 0 Å². The fraction of sp³-hybridized carbons (Fsp3) is 0.160. The molecule has 5 rings (SSSR count). The molecule has 6 heteroatoms. The van der Waals surface area contributed by atoms with Crippen molar-refractivity contribution in [1.82, 2.24) is 14.4 Å². The fourth-order valence-corrected chi connectivity index (χ4v) is 4.82. The molecule has 0 radical (unpaired) electrons. The lowest BCUT2D eigenvalue weighted by Gasteiger charge is -2.16. The van der Waals surface area contributed by atoms with E-state index in [1.54, 1.807) is 0 Å². The predicted molar refractivity (Wildman–Crippen MR) is 128 cm³/mol. The second-order valence-electron chi connectivity index (χ2n) is 7.54. The van der Waals surface area contributed by atoms with Crippen molar-refractivity contribution in [2.24, 2.45) is 0 Å². The Hall–Kier alpha value is -3.38. The summed E-state index contributed by atoms with van der Waals surface area (Å²) in [6, 6.07) is 23.9. The summed E-state index contributed by atoms with van der Waals surface area (Å²) in [7, 11) is 0. The Morgan fingerprint density at radius 2 is 1.77 bits per heavy atom. The van der Waals surface area contributed by atoms with E-state index in [4.69, 9.17) is 9.97 Å². The van der Waals surface area contributed by atoms with Crippen molar-refractivity contribution >= 4 is 50.9 Å². The molecule has 0 unspecified atom stereocenters. The summed E-state index contributed by atoms with van der Waals surface area (Å²) in [5, 5.41) is 4.55. The number of thioether (sulfide) groups is 1. The number of fused-ring (bicyclic) bond motifs is 5. The molecule has 3 aromatic carbocycles. The first kappa shape index (κ1) is 19.6. The number of nitrogens with zero attached hydrogens (tertiary/aromatic N) is 3. The van der Waals surface area contributed by atoms with Crippen LogP contribution in [0.15, 0.2) is 78.0 Å². The van der Waals surface area contributed by atoms with E-state index < -0.39 is 0 Å². The minimum atomic E-state index is -0.279. The van der Waals surface area contributed by atoms with Gasteiger partial charge in [-0.05, 0) is 55.3 Å². The molecule has 0 bridgehead atoms. The molecule has 154 valence electrons. The van der Waals surface area contributed by atoms with Crippen LogP contribution >= 0.6 is 11.8 Å². The third-order valence-electron chi connectivity index (χ3n) is 5.31. The number of nitrogens with one attached hydrogen (secondary N) is 1. The average molecular weight is 427 g/mol. The van der Waals surface area contributed by atoms with E-state index in [0.717, 1.165) is 44.0 Å². The van der Waals surface area contributed by atoms with Crippen LogP contribution in [0.25, 0.3) is 27.6 Å². The van der Waals surface area contributed by atoms with Gasteiger partial charge in [0.2, 0.25) is 5.91 Å². The van der Waals surface area contributed by atoms with E-state index >= 15 is 0 Å². The molecular formula is C25H22N4OS. The van der Waals surface area contributed by atoms with Crippen LogP contribution in [-0.2, 0) is 4.79 Å². The Morgan fingerprint density at radius 1 is 1.00 bits per heavy atom. The van der Waals surface area contributed by atoms with Crippen molar-refractivity contribution in [3.8, 4) is 0 Å². The highest BCUT2D eigenvalue weighted by molar-refractivity contribution is 8.00. The van der Waals surface area contributed by atoms with E-state index in [-0.39, 0.29) is 11.2 Å². The van der Waals surface area contributed by atoms with Crippen LogP contribution in [0.5, 0.6) is 0 Å². The van der Waals surface area contributed by atoms with E-state index in [1.165, 1.54) is 11.8 Å². The van der Waals surface area contributed by atoms with Gasteiger partial charge in [-0.2, -0.15) is 0 Å². The van der Waals surface area contributed by atoms with Gasteiger partial charge in [-0.3, -0.25) is 9.20 Å². The van der Waals surface area contributed by atoms with Gasteiger partial charge in [0.15, 0.2) is 5.16 Å². The molecule has 0 aliphatic rings. The van der Waals surface area contributed by atoms with Gasteiger partial charge in [0.25, 0.3) is 0 Å². The number of aryl methyl sites for hydroxylation is 1. The fourth-order valence-electron chi connectivity index (χ4n) is 3.79. The van der Waals surface area contributed by atoms with Crippen LogP contribution in [0.1, 0.15) is 18.9 Å². The zero-order chi connectivity index (χ0) is 21.4. The Labute approximate surface area is 184 Å². The molecule has 0 saturated carbocycles. The maximum atomic E-state index is 13.1. The number of aromatic nitrogens is 3. The third kappa shape index (κ3) is 3.64. The number of rotatable bonds is 5. The van der Waals surface area contributed by atoms with Crippen molar-refractivity contribution in [2.75, 3.05) is 5.32 Å². The van der Waals surface area contributed by atoms with Crippen LogP contribution in [0, 0.1) is 6.92 Å². The first-order valence-electron chi connectivity index (χ1n) is 10.3. The number of para-hydroxylation sites is 3. The molecule has 0 aliphatic heterocycles. The largest absolute Gasteiger partial charge is 0.325 e. The van der Waals surface area contributed by atoms with Crippen molar-refractivity contribution in [1.29, 1.82) is 0 Å². The zero-order valence-corrected chi connectivity index (χ0v) is 18.2. The normalized spacial score (nSPS) is 12.5. The standard InChI is InChI=1S/C25H22N4OS/c1-3-22(24(30)26-17-10-8-9-16(2)15-17)31-25-28-19-12-5-4-11-18(19)23-27-20-13-6-7-14-21(20)29(23)25/h4-15,22H,3H2,1-2H3,(H,26,30)/t22-/m1/s1. The lowest BCUT2D eigenvalue weighted by molar-refractivity contribution is -0.115. The van der Waals surface area contributed by atoms with Crippen LogP contribution in [0.2, 0.25) is 0 Å². The minimum absolute atomic E-state index is 0.0226. The topological polar surface area (TPSA) is 59.3 Å². The van der Waals surface area contributed by atoms with Gasteiger partial charge < -0.3 is 5.32 Å². The molecule has 5 nitrogen and oxygen atoms in total. The molecular weight excluding hydrogens is 404 g/mol. The van der Waals surface area contributed by atoms with Crippen LogP contribution < -0.4 is 5.32 Å². The molecule has 5 aromatic rings. The molecule has 0 saturated heterocycles. The Kier molecular flexibility index (Phi) is 5.08. The summed E-state index contributed by atoms with van der Waals surface area (Å²) in [6.45, 7) is 4.04. The molecule has 0 aliphatic carbocycles. The molecule has 1 N–H and O–H groups in total. The highest BCUT2D eigenvalue weighted by atomic mass is 32.2. The van der Waals surface area contributed by atoms with Gasteiger partial charge in [0.05, 0.1) is 21.8 Å². The van der Waals surface area contributed by atoms with Gasteiger partial charge in [0.1, 0.15) is 5.65 Å². The number of anilines is 1. The zero-order valence-electron chi connectivity index (χ0n) is 17.4. The van der Waals surface area contributed by atoms with Gasteiger partial charge in [-0.15, -0.1) is 0 Å². The monoisotopic (exact) mass is 426 g/mol. The van der Waals surface area contributed by atoms with Crippen LogP contribution in [0.3, 0.4) is 0 Å². The van der Waals surface area contributed by atoms with Crippen molar-refractivity contribution < 1.29 is 4.79 Å². The summed E-state index contributed by atoms with van der Waals surface area (Å²) < 4.78 is 2.07. The van der Waals surface area contributed by atoms with Crippen molar-refractivity contribution in [3.63, 3.8) is 0 Å². The van der Waals surface area contributed by atoms with Crippen LogP contribution in [0.4, 0.5) is 5.69 Å². The molecule has 2 aromatic heterocycles. The first-order chi connectivity index (χ1) is 15.1. The quantitative estimate of drug-likeness (QED) is 0.283. The predicted octanol–water partition coefficient (Wildman–Crippen LogP) is 5.85. The van der Waals surface area contributed by atoms with E-state index in [1.807, 2.05) is 86.6 Å². The number of carbonyl (C=O) groups excluding carboxylic acids is 1. The first-order valence-corrected chi connectivity index (χ1v) is 11.2. The number of amides is 1. The summed E-state index contributed by atoms with van der Waals surface area (Å²) in [5.41, 5.74) is 5.58. The molecule has 31 heavy (non-hydrogen) atoms. The molecule has 0 spiro atoms. The minimum Gasteiger partial charge on any atom is -0.325 e. The van der Waals surface area contributed by atoms with Crippen molar-refractivity contribution in [2.45, 2.75) is 30.7 Å². The third-order valence-corrected chi connectivity index (χ3v) is 6.63. The smallest absolute Gasteiger partial charge is 0.237 e. The Morgan fingerprint density at radius 3 is 2.58 bits per heavy atom. The number of hydrogen-bond acceptors (Lipinski definition) is 4. The molecule has 1 atom stereocenters. The maximum absolute atomic E-state index is 13.1. The summed E-state index contributed by atoms with van der Waals surface area (Å²) >= 11 is 1.48. The summed E-state index contributed by atoms with van der Waals surface area (Å²) in [4.78, 5) is 22.9. The van der Waals surface area contributed by atoms with Crippen molar-refractivity contribution in [3.05, 3.63) is 78.4 Å². The molecule has 1 amide bonds. The van der Waals surface area contributed by atoms with Crippen LogP contribution in [-0.4, -0.2) is 25.5 Å².